The maximum atomic E-state index is 13.2. The first-order chi connectivity index (χ1) is 14.5. The molecule has 1 aromatic heterocycles. The van der Waals surface area contributed by atoms with E-state index in [-0.39, 0.29) is 22.9 Å². The van der Waals surface area contributed by atoms with Crippen molar-refractivity contribution in [3.63, 3.8) is 0 Å². The van der Waals surface area contributed by atoms with Crippen LogP contribution < -0.4 is 0 Å². The molecule has 0 radical (unpaired) electrons. The third kappa shape index (κ3) is 4.20. The van der Waals surface area contributed by atoms with E-state index in [1.165, 1.54) is 4.68 Å². The topological polar surface area (TPSA) is 74.1 Å². The lowest BCUT2D eigenvalue weighted by Crippen LogP contribution is -2.32. The van der Waals surface area contributed by atoms with Crippen LogP contribution in [0.15, 0.2) is 72.8 Å². The van der Waals surface area contributed by atoms with Crippen molar-refractivity contribution in [3.05, 3.63) is 94.0 Å². The summed E-state index contributed by atoms with van der Waals surface area (Å²) in [6, 6.07) is 20.2. The molecule has 0 saturated heterocycles. The number of benzene rings is 3. The molecule has 4 aromatic rings. The van der Waals surface area contributed by atoms with Crippen molar-refractivity contribution in [1.82, 2.24) is 15.0 Å². The Morgan fingerprint density at radius 2 is 1.63 bits per heavy atom. The Morgan fingerprint density at radius 3 is 2.40 bits per heavy atom. The zero-order valence-corrected chi connectivity index (χ0v) is 17.0. The molecule has 0 amide bonds. The van der Waals surface area contributed by atoms with Crippen molar-refractivity contribution in [2.24, 2.45) is 0 Å². The van der Waals surface area contributed by atoms with Gasteiger partial charge in [-0.25, -0.2) is 9.48 Å². The van der Waals surface area contributed by atoms with Crippen LogP contribution in [0.3, 0.4) is 0 Å². The molecule has 0 fully saturated rings. The molecule has 0 saturated carbocycles. The smallest absolute Gasteiger partial charge is 0.340 e. The van der Waals surface area contributed by atoms with Crippen LogP contribution in [0.25, 0.3) is 11.0 Å². The Kier molecular flexibility index (Phi) is 5.79. The lowest BCUT2D eigenvalue weighted by Gasteiger charge is -2.18. The quantitative estimate of drug-likeness (QED) is 0.317. The number of rotatable bonds is 6. The molecule has 0 spiro atoms. The molecule has 6 nitrogen and oxygen atoms in total. The molecule has 0 aliphatic carbocycles. The van der Waals surface area contributed by atoms with E-state index in [4.69, 9.17) is 27.9 Å². The van der Waals surface area contributed by atoms with Gasteiger partial charge in [0, 0.05) is 10.6 Å². The number of Topliss-reactive ketones (excluding diaryl/α,β-unsaturated/α-hetero) is 1. The van der Waals surface area contributed by atoms with Crippen LogP contribution in [0.5, 0.6) is 0 Å². The van der Waals surface area contributed by atoms with E-state index in [0.29, 0.717) is 16.1 Å². The number of esters is 1. The van der Waals surface area contributed by atoms with E-state index < -0.39 is 12.1 Å². The van der Waals surface area contributed by atoms with Gasteiger partial charge in [-0.1, -0.05) is 52.7 Å². The van der Waals surface area contributed by atoms with E-state index in [1.807, 2.05) is 24.3 Å². The zero-order valence-electron chi connectivity index (χ0n) is 15.5. The number of ether oxygens (including phenoxy) is 1. The number of halogens is 2. The highest BCUT2D eigenvalue weighted by atomic mass is 35.5. The molecular weight excluding hydrogens is 425 g/mol. The van der Waals surface area contributed by atoms with Gasteiger partial charge in [0.2, 0.25) is 5.78 Å². The minimum Gasteiger partial charge on any atom is -0.448 e. The summed E-state index contributed by atoms with van der Waals surface area (Å²) >= 11 is 12.0. The number of nitrogens with zero attached hydrogens (tertiary/aromatic N) is 3. The van der Waals surface area contributed by atoms with Gasteiger partial charge in [0.05, 0.1) is 22.6 Å². The molecule has 150 valence electrons. The van der Waals surface area contributed by atoms with Gasteiger partial charge >= 0.3 is 5.97 Å². The number of carbonyl (C=O) groups is 2. The van der Waals surface area contributed by atoms with Gasteiger partial charge in [0.1, 0.15) is 5.52 Å². The summed E-state index contributed by atoms with van der Waals surface area (Å²) in [5.74, 6) is -1.08. The molecule has 0 N–H and O–H groups in total. The molecule has 0 aliphatic rings. The maximum Gasteiger partial charge on any atom is 0.340 e. The second-order valence-corrected chi connectivity index (χ2v) is 7.35. The van der Waals surface area contributed by atoms with Crippen LogP contribution in [-0.4, -0.2) is 32.9 Å². The standard InChI is InChI=1S/C22H15Cl2N3O3/c23-15-11-9-14(10-12-15)21(28)20(30-22(29)16-5-1-2-6-17(16)24)13-27-19-8-4-3-7-18(19)25-26-27/h1-12,20H,13H2/t20-/m1/s1. The van der Waals surface area contributed by atoms with Gasteiger partial charge in [-0.05, 0) is 48.5 Å². The van der Waals surface area contributed by atoms with E-state index in [9.17, 15) is 9.59 Å². The van der Waals surface area contributed by atoms with Gasteiger partial charge in [0.25, 0.3) is 0 Å². The maximum absolute atomic E-state index is 13.2. The van der Waals surface area contributed by atoms with Crippen LogP contribution in [-0.2, 0) is 11.3 Å². The minimum absolute atomic E-state index is 0.00182. The molecule has 1 heterocycles. The Hall–Kier alpha value is -3.22. The number of hydrogen-bond donors (Lipinski definition) is 0. The second-order valence-electron chi connectivity index (χ2n) is 6.51. The first kappa shape index (κ1) is 20.1. The third-order valence-electron chi connectivity index (χ3n) is 4.52. The minimum atomic E-state index is -1.14. The highest BCUT2D eigenvalue weighted by Crippen LogP contribution is 2.20. The van der Waals surface area contributed by atoms with Gasteiger partial charge in [-0.2, -0.15) is 0 Å². The highest BCUT2D eigenvalue weighted by Gasteiger charge is 2.27. The molecule has 30 heavy (non-hydrogen) atoms. The number of fused-ring (bicyclic) bond motifs is 1. The molecule has 0 bridgehead atoms. The van der Waals surface area contributed by atoms with Gasteiger partial charge in [-0.3, -0.25) is 4.79 Å². The molecule has 4 rings (SSSR count). The van der Waals surface area contributed by atoms with Crippen LogP contribution >= 0.6 is 23.2 Å². The monoisotopic (exact) mass is 439 g/mol. The second kappa shape index (κ2) is 8.65. The van der Waals surface area contributed by atoms with Crippen LogP contribution in [0.4, 0.5) is 0 Å². The normalized spacial score (nSPS) is 11.9. The fourth-order valence-electron chi connectivity index (χ4n) is 3.00. The van der Waals surface area contributed by atoms with Gasteiger partial charge in [-0.15, -0.1) is 5.10 Å². The molecular formula is C22H15Cl2N3O3. The van der Waals surface area contributed by atoms with Gasteiger partial charge < -0.3 is 4.74 Å². The SMILES string of the molecule is O=C(O[C@H](Cn1nnc2ccccc21)C(=O)c1ccc(Cl)cc1)c1ccccc1Cl. The van der Waals surface area contributed by atoms with E-state index in [2.05, 4.69) is 10.3 Å². The predicted octanol–water partition coefficient (Wildman–Crippen LogP) is 4.85. The molecule has 0 aliphatic heterocycles. The first-order valence-corrected chi connectivity index (χ1v) is 9.82. The summed E-state index contributed by atoms with van der Waals surface area (Å²) in [5, 5.41) is 8.93. The van der Waals surface area contributed by atoms with Crippen molar-refractivity contribution in [1.29, 1.82) is 0 Å². The van der Waals surface area contributed by atoms with E-state index in [0.717, 1.165) is 5.52 Å². The van der Waals surface area contributed by atoms with Crippen LogP contribution in [0, 0.1) is 0 Å². The van der Waals surface area contributed by atoms with E-state index >= 15 is 0 Å². The largest absolute Gasteiger partial charge is 0.448 e. The number of carbonyl (C=O) groups excluding carboxylic acids is 2. The van der Waals surface area contributed by atoms with Crippen molar-refractivity contribution >= 4 is 46.0 Å². The molecule has 3 aromatic carbocycles. The van der Waals surface area contributed by atoms with Crippen molar-refractivity contribution < 1.29 is 14.3 Å². The summed E-state index contributed by atoms with van der Waals surface area (Å²) in [4.78, 5) is 25.9. The summed E-state index contributed by atoms with van der Waals surface area (Å²) in [6.07, 6.45) is -1.14. The summed E-state index contributed by atoms with van der Waals surface area (Å²) < 4.78 is 7.13. The molecule has 8 heteroatoms. The third-order valence-corrected chi connectivity index (χ3v) is 5.10. The highest BCUT2D eigenvalue weighted by molar-refractivity contribution is 6.33. The lowest BCUT2D eigenvalue weighted by atomic mass is 10.1. The van der Waals surface area contributed by atoms with Crippen molar-refractivity contribution in [2.75, 3.05) is 0 Å². The first-order valence-electron chi connectivity index (χ1n) is 9.06. The molecule has 1 atom stereocenters. The fourth-order valence-corrected chi connectivity index (χ4v) is 3.34. The van der Waals surface area contributed by atoms with Crippen molar-refractivity contribution in [3.8, 4) is 0 Å². The zero-order chi connectivity index (χ0) is 21.1. The Bertz CT molecular complexity index is 1220. The summed E-state index contributed by atoms with van der Waals surface area (Å²) in [7, 11) is 0. The van der Waals surface area contributed by atoms with Crippen molar-refractivity contribution in [2.45, 2.75) is 12.6 Å². The number of para-hydroxylation sites is 1. The van der Waals surface area contributed by atoms with Crippen LogP contribution in [0.1, 0.15) is 20.7 Å². The Morgan fingerprint density at radius 1 is 0.933 bits per heavy atom. The lowest BCUT2D eigenvalue weighted by molar-refractivity contribution is 0.0245. The van der Waals surface area contributed by atoms with E-state index in [1.54, 1.807) is 48.5 Å². The number of hydrogen-bond acceptors (Lipinski definition) is 5. The predicted molar refractivity (Wildman–Crippen MR) is 114 cm³/mol. The number of aromatic nitrogens is 3. The van der Waals surface area contributed by atoms with Crippen LogP contribution in [0.2, 0.25) is 10.0 Å². The number of ketones is 1. The Balaban J connectivity index is 1.67. The summed E-state index contributed by atoms with van der Waals surface area (Å²) in [5.41, 5.74) is 1.94. The Labute approximate surface area is 182 Å². The summed E-state index contributed by atoms with van der Waals surface area (Å²) in [6.45, 7) is -0.00182. The average Bonchev–Trinajstić information content (AvgIpc) is 3.16. The average molecular weight is 440 g/mol. The van der Waals surface area contributed by atoms with Gasteiger partial charge in [0.15, 0.2) is 6.10 Å². The molecule has 0 unspecified atom stereocenters. The fraction of sp³-hybridized carbons (Fsp3) is 0.0909.